The van der Waals surface area contributed by atoms with Gasteiger partial charge >= 0.3 is 6.03 Å². The molecule has 0 unspecified atom stereocenters. The smallest absolute Gasteiger partial charge is 0.303 e. The fraction of sp³-hybridized carbons (Fsp3) is 0.550. The van der Waals surface area contributed by atoms with Crippen LogP contribution in [0.4, 0.5) is 4.79 Å². The van der Waals surface area contributed by atoms with E-state index in [9.17, 15) is 4.79 Å². The summed E-state index contributed by atoms with van der Waals surface area (Å²) < 4.78 is 0. The number of carbonyl (C=O) groups excluding carboxylic acids is 1. The van der Waals surface area contributed by atoms with Crippen LogP contribution in [0.1, 0.15) is 43.2 Å². The van der Waals surface area contributed by atoms with Gasteiger partial charge in [-0.05, 0) is 56.3 Å². The molecule has 4 nitrogen and oxygen atoms in total. The van der Waals surface area contributed by atoms with Gasteiger partial charge in [0.15, 0.2) is 0 Å². The zero-order chi connectivity index (χ0) is 16.6. The lowest BCUT2D eigenvalue weighted by molar-refractivity contribution is 0.00286. The largest absolute Gasteiger partial charge is 0.367 e. The van der Waals surface area contributed by atoms with Gasteiger partial charge < -0.3 is 4.90 Å². The molecular formula is C20H25N3O. The van der Waals surface area contributed by atoms with Crippen LogP contribution in [0.25, 0.3) is 0 Å². The van der Waals surface area contributed by atoms with Crippen LogP contribution in [0.5, 0.6) is 0 Å². The van der Waals surface area contributed by atoms with Gasteiger partial charge in [0.05, 0.1) is 12.4 Å². The van der Waals surface area contributed by atoms with Crippen molar-refractivity contribution in [1.29, 1.82) is 0 Å². The normalized spacial score (nSPS) is 33.5. The average Bonchev–Trinajstić information content (AvgIpc) is 3.10. The van der Waals surface area contributed by atoms with E-state index in [1.807, 2.05) is 0 Å². The monoisotopic (exact) mass is 323 g/mol. The molecule has 2 heterocycles. The van der Waals surface area contributed by atoms with Gasteiger partial charge in [-0.2, -0.15) is 9.98 Å². The Bertz CT molecular complexity index is 682. The van der Waals surface area contributed by atoms with Gasteiger partial charge in [0.25, 0.3) is 0 Å². The first-order chi connectivity index (χ1) is 11.7. The lowest BCUT2D eigenvalue weighted by atomic mass is 9.52. The van der Waals surface area contributed by atoms with Gasteiger partial charge in [-0.15, -0.1) is 0 Å². The number of carbonyl (C=O) groups is 1. The molecular weight excluding hydrogens is 298 g/mol. The first kappa shape index (κ1) is 15.7. The number of likely N-dealkylation sites (N-methyl/N-ethyl adjacent to an activating group) is 1. The number of likely N-dealkylation sites (tertiary alicyclic amines) is 1. The van der Waals surface area contributed by atoms with Crippen molar-refractivity contribution in [2.45, 2.75) is 50.0 Å². The highest BCUT2D eigenvalue weighted by molar-refractivity contribution is 6.25. The number of urea groups is 1. The fourth-order valence-electron chi connectivity index (χ4n) is 5.39. The summed E-state index contributed by atoms with van der Waals surface area (Å²) in [6.07, 6.45) is 11.2. The number of rotatable bonds is 0. The number of hydrogen-bond acceptors (Lipinski definition) is 2. The van der Waals surface area contributed by atoms with Gasteiger partial charge in [-0.3, -0.25) is 0 Å². The summed E-state index contributed by atoms with van der Waals surface area (Å²) in [7, 11) is 2.34. The van der Waals surface area contributed by atoms with E-state index in [1.54, 1.807) is 11.1 Å². The Morgan fingerprint density at radius 2 is 1.92 bits per heavy atom. The van der Waals surface area contributed by atoms with Crippen LogP contribution in [-0.2, 0) is 11.8 Å². The summed E-state index contributed by atoms with van der Waals surface area (Å²) in [6, 6.07) is 9.72. The molecule has 0 spiro atoms. The Hall–Kier alpha value is -1.81. The quantitative estimate of drug-likeness (QED) is 0.732. The van der Waals surface area contributed by atoms with Crippen molar-refractivity contribution in [3.63, 3.8) is 0 Å². The van der Waals surface area contributed by atoms with Crippen LogP contribution in [0.2, 0.25) is 0 Å². The molecule has 1 saturated carbocycles. The number of nitrogens with zero attached hydrogens (tertiary/aromatic N) is 3. The van der Waals surface area contributed by atoms with Crippen molar-refractivity contribution >= 4 is 18.5 Å². The lowest BCUT2D eigenvalue weighted by Crippen LogP contribution is -2.59. The van der Waals surface area contributed by atoms with Crippen molar-refractivity contribution in [2.24, 2.45) is 15.9 Å². The third-order valence-corrected chi connectivity index (χ3v) is 6.46. The van der Waals surface area contributed by atoms with Crippen molar-refractivity contribution in [2.75, 3.05) is 13.6 Å². The standard InChI is InChI=1S/C17H23N.C3H2N2O/c1-18-11-10-17-9-5-4-8-15(17)16(18)12-13-6-2-3-7-14(13)17;6-3-4-1-2-5-3/h2-3,6-7,15-16H,4-5,8-12H2,1H3;1-2H/t15-,16+,17-;/m0./s1. The minimum atomic E-state index is -0.407. The van der Waals surface area contributed by atoms with E-state index in [0.717, 1.165) is 12.0 Å². The predicted octanol–water partition coefficient (Wildman–Crippen LogP) is 3.64. The molecule has 24 heavy (non-hydrogen) atoms. The number of benzene rings is 1. The van der Waals surface area contributed by atoms with Crippen molar-refractivity contribution in [3.05, 3.63) is 35.4 Å². The van der Waals surface area contributed by atoms with Gasteiger partial charge in [-0.1, -0.05) is 37.1 Å². The van der Waals surface area contributed by atoms with Crippen LogP contribution in [0, 0.1) is 5.92 Å². The summed E-state index contributed by atoms with van der Waals surface area (Å²) in [5, 5.41) is 0. The van der Waals surface area contributed by atoms with E-state index in [0.29, 0.717) is 5.41 Å². The molecule has 0 radical (unpaired) electrons. The van der Waals surface area contributed by atoms with Crippen LogP contribution in [0.15, 0.2) is 34.3 Å². The number of amides is 2. The zero-order valence-corrected chi connectivity index (χ0v) is 14.3. The van der Waals surface area contributed by atoms with E-state index in [1.165, 1.54) is 57.5 Å². The van der Waals surface area contributed by atoms with Gasteiger partial charge in [0.2, 0.25) is 0 Å². The third-order valence-electron chi connectivity index (χ3n) is 6.46. The molecule has 0 N–H and O–H groups in total. The second kappa shape index (κ2) is 6.25. The zero-order valence-electron chi connectivity index (χ0n) is 14.3. The fourth-order valence-corrected chi connectivity index (χ4v) is 5.39. The summed E-state index contributed by atoms with van der Waals surface area (Å²) in [4.78, 5) is 19.0. The number of piperidine rings is 1. The molecule has 4 aliphatic rings. The van der Waals surface area contributed by atoms with Crippen LogP contribution in [-0.4, -0.2) is 43.0 Å². The van der Waals surface area contributed by atoms with Crippen molar-refractivity contribution in [3.8, 4) is 0 Å². The van der Waals surface area contributed by atoms with Crippen LogP contribution < -0.4 is 0 Å². The first-order valence-corrected chi connectivity index (χ1v) is 9.10. The van der Waals surface area contributed by atoms with E-state index >= 15 is 0 Å². The van der Waals surface area contributed by atoms with E-state index in [4.69, 9.17) is 0 Å². The number of hydrogen-bond donors (Lipinski definition) is 0. The molecule has 0 aromatic heterocycles. The molecule has 2 amide bonds. The van der Waals surface area contributed by atoms with Crippen LogP contribution in [0.3, 0.4) is 0 Å². The maximum absolute atomic E-state index is 9.85. The van der Waals surface area contributed by atoms with E-state index in [2.05, 4.69) is 46.2 Å². The molecule has 2 aliphatic heterocycles. The Kier molecular flexibility index (Phi) is 4.09. The molecule has 1 saturated heterocycles. The second-order valence-electron chi connectivity index (χ2n) is 7.51. The molecule has 4 heteroatoms. The lowest BCUT2D eigenvalue weighted by Gasteiger charge is -2.58. The second-order valence-corrected chi connectivity index (χ2v) is 7.51. The summed E-state index contributed by atoms with van der Waals surface area (Å²) >= 11 is 0. The number of aliphatic imine (C=N–C) groups is 2. The SMILES string of the molecule is CN1CC[C@]23CCCC[C@H]2[C@H]1Cc1ccccc13.O=C1N=CC=N1. The molecule has 5 rings (SSSR count). The molecule has 2 bridgehead atoms. The Labute approximate surface area is 143 Å². The highest BCUT2D eigenvalue weighted by Crippen LogP contribution is 2.55. The molecule has 3 atom stereocenters. The maximum Gasteiger partial charge on any atom is 0.367 e. The van der Waals surface area contributed by atoms with Gasteiger partial charge in [0, 0.05) is 11.5 Å². The Morgan fingerprint density at radius 3 is 2.67 bits per heavy atom. The predicted molar refractivity (Wildman–Crippen MR) is 97.2 cm³/mol. The Morgan fingerprint density at radius 1 is 1.12 bits per heavy atom. The minimum Gasteiger partial charge on any atom is -0.303 e. The summed E-state index contributed by atoms with van der Waals surface area (Å²) in [5.74, 6) is 0.930. The first-order valence-electron chi connectivity index (χ1n) is 9.10. The summed E-state index contributed by atoms with van der Waals surface area (Å²) in [5.41, 5.74) is 3.91. The summed E-state index contributed by atoms with van der Waals surface area (Å²) in [6.45, 7) is 1.30. The van der Waals surface area contributed by atoms with Crippen molar-refractivity contribution < 1.29 is 4.79 Å². The molecule has 1 aromatic carbocycles. The molecule has 2 aliphatic carbocycles. The van der Waals surface area contributed by atoms with E-state index < -0.39 is 6.03 Å². The van der Waals surface area contributed by atoms with Gasteiger partial charge in [-0.25, -0.2) is 4.79 Å². The van der Waals surface area contributed by atoms with Crippen LogP contribution >= 0.6 is 0 Å². The van der Waals surface area contributed by atoms with Crippen molar-refractivity contribution in [1.82, 2.24) is 4.90 Å². The minimum absolute atomic E-state index is 0.407. The highest BCUT2D eigenvalue weighted by atomic mass is 16.2. The maximum atomic E-state index is 9.85. The highest BCUT2D eigenvalue weighted by Gasteiger charge is 2.52. The average molecular weight is 323 g/mol. The molecule has 2 fully saturated rings. The molecule has 1 aromatic rings. The third kappa shape index (κ3) is 2.53. The van der Waals surface area contributed by atoms with E-state index in [-0.39, 0.29) is 0 Å². The van der Waals surface area contributed by atoms with Gasteiger partial charge in [0.1, 0.15) is 0 Å². The molecule has 126 valence electrons. The topological polar surface area (TPSA) is 45.0 Å². The number of fused-ring (bicyclic) bond motifs is 1. The Balaban J connectivity index is 0.000000207.